The maximum Gasteiger partial charge on any atom is 0.328 e. The van der Waals surface area contributed by atoms with Gasteiger partial charge in [0.1, 0.15) is 0 Å². The second kappa shape index (κ2) is 7.14. The molecule has 6 nitrogen and oxygen atoms in total. The summed E-state index contributed by atoms with van der Waals surface area (Å²) in [5, 5.41) is 8.56. The van der Waals surface area contributed by atoms with Crippen LogP contribution in [0.4, 0.5) is 5.95 Å². The minimum atomic E-state index is -0.992. The number of aliphatic carboxylic acids is 1. The summed E-state index contributed by atoms with van der Waals surface area (Å²) in [5.74, 6) is -0.384. The lowest BCUT2D eigenvalue weighted by Crippen LogP contribution is -2.22. The normalized spacial score (nSPS) is 10.7. The van der Waals surface area contributed by atoms with Crippen molar-refractivity contribution in [2.24, 2.45) is 0 Å². The number of carboxylic acids is 1. The quantitative estimate of drug-likeness (QED) is 0.812. The first-order valence-electron chi connectivity index (χ1n) is 6.48. The predicted octanol–water partition coefficient (Wildman–Crippen LogP) is 1.65. The van der Waals surface area contributed by atoms with E-state index >= 15 is 0 Å². The molecule has 0 atom stereocenters. The predicted molar refractivity (Wildman–Crippen MR) is 79.9 cm³/mol. The van der Waals surface area contributed by atoms with Gasteiger partial charge in [0.2, 0.25) is 5.95 Å². The van der Waals surface area contributed by atoms with Crippen LogP contribution in [0.1, 0.15) is 11.1 Å². The summed E-state index contributed by atoms with van der Waals surface area (Å²) in [4.78, 5) is 24.8. The minimum absolute atomic E-state index is 0.608. The van der Waals surface area contributed by atoms with E-state index in [4.69, 9.17) is 5.11 Å². The number of likely N-dealkylation sites (N-methyl/N-ethyl adjacent to an activating group) is 1. The lowest BCUT2D eigenvalue weighted by atomic mass is 10.2. The summed E-state index contributed by atoms with van der Waals surface area (Å²) in [6.07, 6.45) is 10.2. The number of carboxylic acid groups (broad SMARTS) is 1. The van der Waals surface area contributed by atoms with Crippen molar-refractivity contribution in [2.45, 2.75) is 6.42 Å². The first-order chi connectivity index (χ1) is 10.1. The minimum Gasteiger partial charge on any atom is -0.478 e. The standard InChI is InChI=1S/C15H16N4O2/c1-19(9-6-12-4-7-16-8-5-12)15-17-10-13(11-18-15)2-3-14(20)21/h2-5,7-8,10-11H,6,9H2,1H3,(H,20,21)/b3-2+. The van der Waals surface area contributed by atoms with Gasteiger partial charge < -0.3 is 10.0 Å². The highest BCUT2D eigenvalue weighted by atomic mass is 16.4. The van der Waals surface area contributed by atoms with Gasteiger partial charge in [-0.2, -0.15) is 0 Å². The van der Waals surface area contributed by atoms with Crippen LogP contribution in [0.25, 0.3) is 6.08 Å². The van der Waals surface area contributed by atoms with Crippen molar-refractivity contribution in [1.29, 1.82) is 0 Å². The van der Waals surface area contributed by atoms with Crippen molar-refractivity contribution in [1.82, 2.24) is 15.0 Å². The van der Waals surface area contributed by atoms with Gasteiger partial charge in [-0.05, 0) is 30.2 Å². The molecule has 0 aliphatic carbocycles. The average Bonchev–Trinajstić information content (AvgIpc) is 2.52. The third-order valence-corrected chi connectivity index (χ3v) is 2.90. The fourth-order valence-corrected chi connectivity index (χ4v) is 1.73. The molecule has 6 heteroatoms. The number of carbonyl (C=O) groups is 1. The number of rotatable bonds is 6. The van der Waals surface area contributed by atoms with E-state index in [1.54, 1.807) is 24.8 Å². The highest BCUT2D eigenvalue weighted by Gasteiger charge is 2.04. The van der Waals surface area contributed by atoms with E-state index in [1.165, 1.54) is 11.6 Å². The van der Waals surface area contributed by atoms with Gasteiger partial charge in [-0.25, -0.2) is 14.8 Å². The third kappa shape index (κ3) is 4.68. The van der Waals surface area contributed by atoms with Crippen LogP contribution in [0.15, 0.2) is 43.0 Å². The van der Waals surface area contributed by atoms with Gasteiger partial charge in [0, 0.05) is 50.0 Å². The van der Waals surface area contributed by atoms with Crippen LogP contribution in [0.5, 0.6) is 0 Å². The van der Waals surface area contributed by atoms with E-state index < -0.39 is 5.97 Å². The van der Waals surface area contributed by atoms with Gasteiger partial charge in [-0.15, -0.1) is 0 Å². The maximum atomic E-state index is 10.4. The number of anilines is 1. The summed E-state index contributed by atoms with van der Waals surface area (Å²) >= 11 is 0. The van der Waals surface area contributed by atoms with E-state index in [-0.39, 0.29) is 0 Å². The van der Waals surface area contributed by atoms with E-state index in [1.807, 2.05) is 24.1 Å². The van der Waals surface area contributed by atoms with Crippen LogP contribution >= 0.6 is 0 Å². The zero-order chi connectivity index (χ0) is 15.1. The van der Waals surface area contributed by atoms with Crippen LogP contribution in [-0.2, 0) is 11.2 Å². The van der Waals surface area contributed by atoms with Crippen LogP contribution in [0.3, 0.4) is 0 Å². The number of hydrogen-bond donors (Lipinski definition) is 1. The van der Waals surface area contributed by atoms with Crippen molar-refractivity contribution in [3.63, 3.8) is 0 Å². The molecule has 0 saturated carbocycles. The molecule has 0 spiro atoms. The summed E-state index contributed by atoms with van der Waals surface area (Å²) < 4.78 is 0. The number of nitrogens with zero attached hydrogens (tertiary/aromatic N) is 4. The van der Waals surface area contributed by atoms with Crippen molar-refractivity contribution in [3.05, 3.63) is 54.1 Å². The topological polar surface area (TPSA) is 79.2 Å². The Balaban J connectivity index is 1.93. The van der Waals surface area contributed by atoms with Gasteiger partial charge in [0.05, 0.1) is 0 Å². The molecule has 0 aliphatic heterocycles. The van der Waals surface area contributed by atoms with Gasteiger partial charge >= 0.3 is 5.97 Å². The summed E-state index contributed by atoms with van der Waals surface area (Å²) in [6.45, 7) is 0.786. The average molecular weight is 284 g/mol. The highest BCUT2D eigenvalue weighted by molar-refractivity contribution is 5.85. The highest BCUT2D eigenvalue weighted by Crippen LogP contribution is 2.08. The third-order valence-electron chi connectivity index (χ3n) is 2.90. The summed E-state index contributed by atoms with van der Waals surface area (Å²) in [6, 6.07) is 3.96. The van der Waals surface area contributed by atoms with Gasteiger partial charge in [-0.3, -0.25) is 4.98 Å². The van der Waals surface area contributed by atoms with E-state index in [0.717, 1.165) is 19.0 Å². The molecule has 0 amide bonds. The molecule has 1 N–H and O–H groups in total. The molecular formula is C15H16N4O2. The van der Waals surface area contributed by atoms with Crippen LogP contribution in [0.2, 0.25) is 0 Å². The van der Waals surface area contributed by atoms with Crippen molar-refractivity contribution in [2.75, 3.05) is 18.5 Å². The Bertz CT molecular complexity index is 611. The van der Waals surface area contributed by atoms with E-state index in [2.05, 4.69) is 15.0 Å². The van der Waals surface area contributed by atoms with Gasteiger partial charge in [0.15, 0.2) is 0 Å². The van der Waals surface area contributed by atoms with Crippen molar-refractivity contribution in [3.8, 4) is 0 Å². The summed E-state index contributed by atoms with van der Waals surface area (Å²) in [7, 11) is 1.92. The molecule has 2 aromatic heterocycles. The lowest BCUT2D eigenvalue weighted by Gasteiger charge is -2.16. The molecule has 0 aromatic carbocycles. The fourth-order valence-electron chi connectivity index (χ4n) is 1.73. The largest absolute Gasteiger partial charge is 0.478 e. The van der Waals surface area contributed by atoms with E-state index in [9.17, 15) is 4.79 Å². The molecule has 0 radical (unpaired) electrons. The molecular weight excluding hydrogens is 268 g/mol. The second-order valence-electron chi connectivity index (χ2n) is 4.51. The molecule has 0 unspecified atom stereocenters. The van der Waals surface area contributed by atoms with E-state index in [0.29, 0.717) is 11.5 Å². The zero-order valence-electron chi connectivity index (χ0n) is 11.7. The maximum absolute atomic E-state index is 10.4. The smallest absolute Gasteiger partial charge is 0.328 e. The van der Waals surface area contributed by atoms with Crippen LogP contribution in [0, 0.1) is 0 Å². The number of aromatic nitrogens is 3. The van der Waals surface area contributed by atoms with Crippen molar-refractivity contribution < 1.29 is 9.90 Å². The molecule has 108 valence electrons. The molecule has 0 bridgehead atoms. The molecule has 0 fully saturated rings. The first kappa shape index (κ1) is 14.6. The number of hydrogen-bond acceptors (Lipinski definition) is 5. The Labute approximate surface area is 122 Å². The monoisotopic (exact) mass is 284 g/mol. The SMILES string of the molecule is CN(CCc1ccncc1)c1ncc(/C=C/C(=O)O)cn1. The van der Waals surface area contributed by atoms with Gasteiger partial charge in [0.25, 0.3) is 0 Å². The molecule has 21 heavy (non-hydrogen) atoms. The van der Waals surface area contributed by atoms with Gasteiger partial charge in [-0.1, -0.05) is 0 Å². The lowest BCUT2D eigenvalue weighted by molar-refractivity contribution is -0.131. The Morgan fingerprint density at radius 1 is 1.29 bits per heavy atom. The van der Waals surface area contributed by atoms with Crippen molar-refractivity contribution >= 4 is 18.0 Å². The zero-order valence-corrected chi connectivity index (χ0v) is 11.7. The Morgan fingerprint density at radius 2 is 1.95 bits per heavy atom. The molecule has 0 saturated heterocycles. The summed E-state index contributed by atoms with van der Waals surface area (Å²) in [5.41, 5.74) is 1.86. The fraction of sp³-hybridized carbons (Fsp3) is 0.200. The Morgan fingerprint density at radius 3 is 2.57 bits per heavy atom. The molecule has 2 heterocycles. The Hall–Kier alpha value is -2.76. The molecule has 2 rings (SSSR count). The molecule has 0 aliphatic rings. The first-order valence-corrected chi connectivity index (χ1v) is 6.48. The second-order valence-corrected chi connectivity index (χ2v) is 4.51. The van der Waals surface area contributed by atoms with Crippen LogP contribution in [-0.4, -0.2) is 39.6 Å². The number of pyridine rings is 1. The Kier molecular flexibility index (Phi) is 4.98. The molecule has 2 aromatic rings. The van der Waals surface area contributed by atoms with Crippen LogP contribution < -0.4 is 4.90 Å².